The number of aliphatic carboxylic acids is 1. The Balaban J connectivity index is 2.61. The maximum atomic E-state index is 12.1. The Labute approximate surface area is 112 Å². The van der Waals surface area contributed by atoms with E-state index < -0.39 is 12.0 Å². The summed E-state index contributed by atoms with van der Waals surface area (Å²) >= 11 is 1.58. The zero-order chi connectivity index (χ0) is 13.7. The highest BCUT2D eigenvalue weighted by molar-refractivity contribution is 7.99. The van der Waals surface area contributed by atoms with Crippen LogP contribution in [0.15, 0.2) is 0 Å². The maximum Gasteiger partial charge on any atom is 0.327 e. The average Bonchev–Trinajstić information content (AvgIpc) is 2.37. The highest BCUT2D eigenvalue weighted by Crippen LogP contribution is 2.17. The van der Waals surface area contributed by atoms with Gasteiger partial charge in [0.2, 0.25) is 0 Å². The summed E-state index contributed by atoms with van der Waals surface area (Å²) in [5.74, 6) is 0.736. The van der Waals surface area contributed by atoms with Crippen molar-refractivity contribution in [2.45, 2.75) is 39.3 Å². The van der Waals surface area contributed by atoms with Gasteiger partial charge in [-0.05, 0) is 12.8 Å². The molecule has 2 amide bonds. The third-order valence-electron chi connectivity index (χ3n) is 3.52. The second-order valence-electron chi connectivity index (χ2n) is 4.75. The van der Waals surface area contributed by atoms with Gasteiger partial charge in [0.1, 0.15) is 6.04 Å². The topological polar surface area (TPSA) is 69.6 Å². The van der Waals surface area contributed by atoms with E-state index in [4.69, 9.17) is 5.11 Å². The van der Waals surface area contributed by atoms with Crippen LogP contribution < -0.4 is 5.32 Å². The van der Waals surface area contributed by atoms with Crippen molar-refractivity contribution in [1.29, 1.82) is 0 Å². The molecule has 0 spiro atoms. The Bertz CT molecular complexity index is 312. The van der Waals surface area contributed by atoms with E-state index in [-0.39, 0.29) is 12.1 Å². The number of thioether (sulfide) groups is 1. The van der Waals surface area contributed by atoms with Crippen molar-refractivity contribution in [3.63, 3.8) is 0 Å². The largest absolute Gasteiger partial charge is 0.480 e. The van der Waals surface area contributed by atoms with Crippen LogP contribution in [0.25, 0.3) is 0 Å². The smallest absolute Gasteiger partial charge is 0.327 e. The molecule has 3 unspecified atom stereocenters. The Kier molecular flexibility index (Phi) is 5.78. The molecule has 18 heavy (non-hydrogen) atoms. The summed E-state index contributed by atoms with van der Waals surface area (Å²) in [5.41, 5.74) is 0. The summed E-state index contributed by atoms with van der Waals surface area (Å²) in [5, 5.41) is 12.0. The first-order valence-corrected chi connectivity index (χ1v) is 7.50. The molecule has 0 aromatic heterocycles. The van der Waals surface area contributed by atoms with Crippen LogP contribution in [0.2, 0.25) is 0 Å². The summed E-state index contributed by atoms with van der Waals surface area (Å²) < 4.78 is 0. The number of nitrogens with one attached hydrogen (secondary N) is 1. The van der Waals surface area contributed by atoms with Crippen LogP contribution in [0.4, 0.5) is 4.79 Å². The highest BCUT2D eigenvalue weighted by atomic mass is 32.2. The molecule has 0 aliphatic carbocycles. The van der Waals surface area contributed by atoms with E-state index in [0.29, 0.717) is 18.2 Å². The number of nitrogens with zero attached hydrogens (tertiary/aromatic N) is 1. The Morgan fingerprint density at radius 1 is 1.50 bits per heavy atom. The molecule has 6 heteroatoms. The van der Waals surface area contributed by atoms with E-state index in [2.05, 4.69) is 19.2 Å². The normalized spacial score (nSPS) is 23.3. The number of amides is 2. The molecule has 0 saturated carbocycles. The monoisotopic (exact) mass is 274 g/mol. The molecule has 2 N–H and O–H groups in total. The molecule has 0 aromatic rings. The highest BCUT2D eigenvalue weighted by Gasteiger charge is 2.33. The van der Waals surface area contributed by atoms with Crippen LogP contribution in [-0.4, -0.2) is 52.1 Å². The number of urea groups is 1. The molecular weight excluding hydrogens is 252 g/mol. The number of carboxylic acid groups (broad SMARTS) is 1. The summed E-state index contributed by atoms with van der Waals surface area (Å²) in [6, 6.07) is -0.894. The molecule has 104 valence electrons. The lowest BCUT2D eigenvalue weighted by Crippen LogP contribution is -2.55. The molecule has 0 radical (unpaired) electrons. The van der Waals surface area contributed by atoms with Gasteiger partial charge in [0.25, 0.3) is 0 Å². The van der Waals surface area contributed by atoms with E-state index in [1.54, 1.807) is 11.8 Å². The zero-order valence-electron chi connectivity index (χ0n) is 11.2. The second-order valence-corrected chi connectivity index (χ2v) is 5.90. The van der Waals surface area contributed by atoms with Gasteiger partial charge in [-0.15, -0.1) is 0 Å². The van der Waals surface area contributed by atoms with Gasteiger partial charge in [-0.1, -0.05) is 20.3 Å². The molecule has 1 fully saturated rings. The summed E-state index contributed by atoms with van der Waals surface area (Å²) in [7, 11) is 0. The number of hydrogen-bond acceptors (Lipinski definition) is 3. The zero-order valence-corrected chi connectivity index (χ0v) is 12.0. The van der Waals surface area contributed by atoms with Crippen molar-refractivity contribution in [3.8, 4) is 0 Å². The fourth-order valence-electron chi connectivity index (χ4n) is 1.82. The first kappa shape index (κ1) is 15.1. The van der Waals surface area contributed by atoms with Crippen LogP contribution in [0.1, 0.15) is 27.2 Å². The first-order valence-electron chi connectivity index (χ1n) is 6.35. The van der Waals surface area contributed by atoms with Gasteiger partial charge in [-0.2, -0.15) is 11.8 Å². The molecule has 3 atom stereocenters. The fourth-order valence-corrected chi connectivity index (χ4v) is 2.86. The van der Waals surface area contributed by atoms with Crippen molar-refractivity contribution in [2.75, 3.05) is 18.1 Å². The molecule has 1 aliphatic rings. The number of carboxylic acids is 1. The van der Waals surface area contributed by atoms with E-state index in [1.807, 2.05) is 6.92 Å². The molecular formula is C12H22N2O3S. The van der Waals surface area contributed by atoms with Crippen LogP contribution in [-0.2, 0) is 4.79 Å². The maximum absolute atomic E-state index is 12.1. The third-order valence-corrected chi connectivity index (χ3v) is 4.55. The van der Waals surface area contributed by atoms with E-state index in [1.165, 1.54) is 4.90 Å². The number of hydrogen-bond donors (Lipinski definition) is 2. The lowest BCUT2D eigenvalue weighted by molar-refractivity contribution is -0.141. The summed E-state index contributed by atoms with van der Waals surface area (Å²) in [6.07, 6.45) is 0.986. The van der Waals surface area contributed by atoms with Crippen molar-refractivity contribution >= 4 is 23.8 Å². The van der Waals surface area contributed by atoms with Gasteiger partial charge in [-0.25, -0.2) is 9.59 Å². The van der Waals surface area contributed by atoms with Crippen LogP contribution in [0.5, 0.6) is 0 Å². The van der Waals surface area contributed by atoms with E-state index >= 15 is 0 Å². The van der Waals surface area contributed by atoms with Crippen molar-refractivity contribution in [2.24, 2.45) is 5.92 Å². The molecule has 1 heterocycles. The lowest BCUT2D eigenvalue weighted by Gasteiger charge is -2.34. The Hall–Kier alpha value is -0.910. The quantitative estimate of drug-likeness (QED) is 0.817. The number of carbonyl (C=O) groups is 2. The summed E-state index contributed by atoms with van der Waals surface area (Å²) in [6.45, 7) is 6.61. The standard InChI is InChI=1S/C12H22N2O3S/c1-4-8(2)9(3)13-12(17)14-5-6-18-7-10(14)11(15)16/h8-10H,4-7H2,1-3H3,(H,13,17)(H,15,16). The third kappa shape index (κ3) is 3.80. The predicted octanol–water partition coefficient (Wildman–Crippen LogP) is 1.63. The number of carbonyl (C=O) groups excluding carboxylic acids is 1. The number of rotatable bonds is 4. The van der Waals surface area contributed by atoms with Crippen molar-refractivity contribution < 1.29 is 14.7 Å². The van der Waals surface area contributed by atoms with E-state index in [9.17, 15) is 9.59 Å². The predicted molar refractivity (Wildman–Crippen MR) is 72.9 cm³/mol. The molecule has 5 nitrogen and oxygen atoms in total. The average molecular weight is 274 g/mol. The lowest BCUT2D eigenvalue weighted by atomic mass is 10.0. The molecule has 1 rings (SSSR count). The van der Waals surface area contributed by atoms with Gasteiger partial charge in [0.15, 0.2) is 0 Å². The van der Waals surface area contributed by atoms with Gasteiger partial charge in [0.05, 0.1) is 0 Å². The van der Waals surface area contributed by atoms with E-state index in [0.717, 1.165) is 12.2 Å². The molecule has 1 aliphatic heterocycles. The Morgan fingerprint density at radius 2 is 2.17 bits per heavy atom. The van der Waals surface area contributed by atoms with Gasteiger partial charge in [-0.3, -0.25) is 0 Å². The minimum absolute atomic E-state index is 0.0616. The fraction of sp³-hybridized carbons (Fsp3) is 0.833. The molecule has 1 saturated heterocycles. The van der Waals surface area contributed by atoms with Gasteiger partial charge >= 0.3 is 12.0 Å². The van der Waals surface area contributed by atoms with Crippen LogP contribution in [0.3, 0.4) is 0 Å². The van der Waals surface area contributed by atoms with Gasteiger partial charge < -0.3 is 15.3 Å². The SMILES string of the molecule is CCC(C)C(C)NC(=O)N1CCSCC1C(=O)O. The van der Waals surface area contributed by atoms with Gasteiger partial charge in [0, 0.05) is 24.1 Å². The van der Waals surface area contributed by atoms with Crippen LogP contribution >= 0.6 is 11.8 Å². The van der Waals surface area contributed by atoms with Crippen molar-refractivity contribution in [1.82, 2.24) is 10.2 Å². The minimum atomic E-state index is -0.923. The Morgan fingerprint density at radius 3 is 2.72 bits per heavy atom. The molecule has 0 aromatic carbocycles. The minimum Gasteiger partial charge on any atom is -0.480 e. The van der Waals surface area contributed by atoms with Crippen LogP contribution in [0, 0.1) is 5.92 Å². The molecule has 0 bridgehead atoms. The van der Waals surface area contributed by atoms with Crippen molar-refractivity contribution in [3.05, 3.63) is 0 Å². The summed E-state index contributed by atoms with van der Waals surface area (Å²) in [4.78, 5) is 24.6. The first-order chi connectivity index (χ1) is 8.47. The second kappa shape index (κ2) is 6.87.